The largest absolute Gasteiger partial charge is 0.342 e. The summed E-state index contributed by atoms with van der Waals surface area (Å²) in [5.74, 6) is 0.866. The fourth-order valence-corrected chi connectivity index (χ4v) is 2.63. The van der Waals surface area contributed by atoms with Crippen LogP contribution in [0.5, 0.6) is 0 Å². The van der Waals surface area contributed by atoms with Crippen LogP contribution < -0.4 is 0 Å². The molecule has 0 N–H and O–H groups in total. The van der Waals surface area contributed by atoms with Crippen LogP contribution in [-0.2, 0) is 4.79 Å². The van der Waals surface area contributed by atoms with Crippen molar-refractivity contribution >= 4 is 21.8 Å². The first-order valence-corrected chi connectivity index (χ1v) is 7.39. The Balaban J connectivity index is 2.20. The number of likely N-dealkylation sites (tertiary alicyclic amines) is 1. The van der Waals surface area contributed by atoms with Gasteiger partial charge in [0.05, 0.1) is 0 Å². The van der Waals surface area contributed by atoms with Crippen LogP contribution in [0.2, 0.25) is 0 Å². The molecule has 3 nitrogen and oxygen atoms in total. The lowest BCUT2D eigenvalue weighted by molar-refractivity contribution is -0.127. The molecule has 1 atom stereocenters. The van der Waals surface area contributed by atoms with Gasteiger partial charge in [0, 0.05) is 24.8 Å². The molecule has 1 aliphatic rings. The van der Waals surface area contributed by atoms with Crippen LogP contribution >= 0.6 is 15.9 Å². The molecule has 1 fully saturated rings. The molecule has 0 aromatic heterocycles. The first kappa shape index (κ1) is 14.0. The van der Waals surface area contributed by atoms with E-state index >= 15 is 0 Å². The van der Waals surface area contributed by atoms with E-state index in [4.69, 9.17) is 0 Å². The minimum absolute atomic E-state index is 0.337. The number of alkyl halides is 1. The van der Waals surface area contributed by atoms with E-state index in [0.717, 1.165) is 50.9 Å². The van der Waals surface area contributed by atoms with Gasteiger partial charge in [-0.05, 0) is 32.0 Å². The molecule has 4 heteroatoms. The first-order valence-electron chi connectivity index (χ1n) is 6.27. The fraction of sp³-hybridized carbons (Fsp3) is 0.917. The molecule has 0 aromatic carbocycles. The zero-order valence-corrected chi connectivity index (χ0v) is 12.0. The summed E-state index contributed by atoms with van der Waals surface area (Å²) in [4.78, 5) is 16.1. The van der Waals surface area contributed by atoms with Crippen molar-refractivity contribution in [3.05, 3.63) is 0 Å². The van der Waals surface area contributed by atoms with Crippen LogP contribution in [0.3, 0.4) is 0 Å². The molecule has 0 saturated carbocycles. The molecule has 1 rings (SSSR count). The summed E-state index contributed by atoms with van der Waals surface area (Å²) in [6, 6.07) is 0. The second-order valence-corrected chi connectivity index (χ2v) is 5.09. The van der Waals surface area contributed by atoms with Gasteiger partial charge in [-0.1, -0.05) is 29.8 Å². The van der Waals surface area contributed by atoms with Crippen molar-refractivity contribution < 1.29 is 4.79 Å². The molecule has 1 saturated heterocycles. The van der Waals surface area contributed by atoms with Crippen LogP contribution in [0.15, 0.2) is 0 Å². The maximum absolute atomic E-state index is 11.6. The molecule has 0 aliphatic carbocycles. The zero-order valence-electron chi connectivity index (χ0n) is 10.4. The standard InChI is InChI=1S/C12H23BrN2O/c1-3-14(4-2)6-5-7-15-10-11(9-13)8-12(15)16/h11H,3-10H2,1-2H3. The Morgan fingerprint density at radius 3 is 2.62 bits per heavy atom. The van der Waals surface area contributed by atoms with Gasteiger partial charge in [-0.2, -0.15) is 0 Å². The monoisotopic (exact) mass is 290 g/mol. The van der Waals surface area contributed by atoms with Crippen LogP contribution in [0.1, 0.15) is 26.7 Å². The average Bonchev–Trinajstić information content (AvgIpc) is 2.66. The lowest BCUT2D eigenvalue weighted by atomic mass is 10.2. The Morgan fingerprint density at radius 2 is 2.12 bits per heavy atom. The third kappa shape index (κ3) is 4.06. The van der Waals surface area contributed by atoms with Crippen LogP contribution in [0, 0.1) is 5.92 Å². The van der Waals surface area contributed by atoms with Crippen molar-refractivity contribution in [2.45, 2.75) is 26.7 Å². The Labute approximate surface area is 107 Å². The maximum atomic E-state index is 11.6. The number of amides is 1. The molecule has 0 aromatic rings. The Hall–Kier alpha value is -0.0900. The quantitative estimate of drug-likeness (QED) is 0.670. The summed E-state index contributed by atoms with van der Waals surface area (Å²) in [7, 11) is 0. The SMILES string of the molecule is CCN(CC)CCCN1CC(CBr)CC1=O. The van der Waals surface area contributed by atoms with Crippen molar-refractivity contribution in [2.75, 3.05) is 38.1 Å². The van der Waals surface area contributed by atoms with E-state index < -0.39 is 0 Å². The number of hydrogen-bond donors (Lipinski definition) is 0. The number of rotatable bonds is 7. The van der Waals surface area contributed by atoms with Crippen LogP contribution in [-0.4, -0.2) is 53.8 Å². The first-order chi connectivity index (χ1) is 7.71. The Morgan fingerprint density at radius 1 is 1.44 bits per heavy atom. The van der Waals surface area contributed by atoms with E-state index in [-0.39, 0.29) is 0 Å². The van der Waals surface area contributed by atoms with Crippen molar-refractivity contribution in [3.63, 3.8) is 0 Å². The molecule has 1 unspecified atom stereocenters. The van der Waals surface area contributed by atoms with Gasteiger partial charge in [0.15, 0.2) is 0 Å². The number of nitrogens with zero attached hydrogens (tertiary/aromatic N) is 2. The topological polar surface area (TPSA) is 23.6 Å². The van der Waals surface area contributed by atoms with E-state index in [1.807, 2.05) is 4.90 Å². The summed E-state index contributed by atoms with van der Waals surface area (Å²) < 4.78 is 0. The normalized spacial score (nSPS) is 21.1. The molecule has 16 heavy (non-hydrogen) atoms. The molecular formula is C12H23BrN2O. The third-order valence-electron chi connectivity index (χ3n) is 3.31. The smallest absolute Gasteiger partial charge is 0.222 e. The molecule has 94 valence electrons. The minimum Gasteiger partial charge on any atom is -0.342 e. The Bertz CT molecular complexity index is 219. The highest BCUT2D eigenvalue weighted by Crippen LogP contribution is 2.19. The van der Waals surface area contributed by atoms with Crippen LogP contribution in [0.4, 0.5) is 0 Å². The predicted octanol–water partition coefficient (Wildman–Crippen LogP) is 1.96. The van der Waals surface area contributed by atoms with Gasteiger partial charge >= 0.3 is 0 Å². The average molecular weight is 291 g/mol. The lowest BCUT2D eigenvalue weighted by Crippen LogP contribution is -2.31. The van der Waals surface area contributed by atoms with Crippen molar-refractivity contribution in [1.29, 1.82) is 0 Å². The van der Waals surface area contributed by atoms with Gasteiger partial charge < -0.3 is 9.80 Å². The van der Waals surface area contributed by atoms with E-state index in [2.05, 4.69) is 34.7 Å². The van der Waals surface area contributed by atoms with E-state index in [1.165, 1.54) is 0 Å². The van der Waals surface area contributed by atoms with Gasteiger partial charge in [-0.15, -0.1) is 0 Å². The minimum atomic E-state index is 0.337. The highest BCUT2D eigenvalue weighted by molar-refractivity contribution is 9.09. The number of hydrogen-bond acceptors (Lipinski definition) is 2. The Kier molecular flexibility index (Phi) is 6.36. The zero-order chi connectivity index (χ0) is 12.0. The summed E-state index contributed by atoms with van der Waals surface area (Å²) >= 11 is 3.46. The summed E-state index contributed by atoms with van der Waals surface area (Å²) in [6.45, 7) is 9.57. The lowest BCUT2D eigenvalue weighted by Gasteiger charge is -2.21. The van der Waals surface area contributed by atoms with Gasteiger partial charge in [0.25, 0.3) is 0 Å². The second-order valence-electron chi connectivity index (χ2n) is 4.44. The van der Waals surface area contributed by atoms with Gasteiger partial charge in [-0.25, -0.2) is 0 Å². The van der Waals surface area contributed by atoms with Crippen molar-refractivity contribution in [2.24, 2.45) is 5.92 Å². The maximum Gasteiger partial charge on any atom is 0.222 e. The molecule has 0 spiro atoms. The number of carbonyl (C=O) groups is 1. The number of carbonyl (C=O) groups excluding carboxylic acids is 1. The highest BCUT2D eigenvalue weighted by Gasteiger charge is 2.27. The van der Waals surface area contributed by atoms with Crippen LogP contribution in [0.25, 0.3) is 0 Å². The predicted molar refractivity (Wildman–Crippen MR) is 70.9 cm³/mol. The molecule has 0 radical (unpaired) electrons. The summed E-state index contributed by atoms with van der Waals surface area (Å²) in [5, 5.41) is 0.950. The third-order valence-corrected chi connectivity index (χ3v) is 4.23. The molecule has 1 aliphatic heterocycles. The van der Waals surface area contributed by atoms with Gasteiger partial charge in [0.2, 0.25) is 5.91 Å². The van der Waals surface area contributed by atoms with E-state index in [1.54, 1.807) is 0 Å². The second kappa shape index (κ2) is 7.28. The number of halogens is 1. The highest BCUT2D eigenvalue weighted by atomic mass is 79.9. The van der Waals surface area contributed by atoms with Crippen molar-refractivity contribution in [1.82, 2.24) is 9.80 Å². The molecular weight excluding hydrogens is 268 g/mol. The summed E-state index contributed by atoms with van der Waals surface area (Å²) in [6.07, 6.45) is 1.83. The van der Waals surface area contributed by atoms with Crippen molar-refractivity contribution in [3.8, 4) is 0 Å². The molecule has 0 bridgehead atoms. The van der Waals surface area contributed by atoms with Gasteiger partial charge in [-0.3, -0.25) is 4.79 Å². The molecule has 1 heterocycles. The van der Waals surface area contributed by atoms with E-state index in [9.17, 15) is 4.79 Å². The molecule has 1 amide bonds. The van der Waals surface area contributed by atoms with E-state index in [0.29, 0.717) is 11.8 Å². The summed E-state index contributed by atoms with van der Waals surface area (Å²) in [5.41, 5.74) is 0. The fourth-order valence-electron chi connectivity index (χ4n) is 2.20. The van der Waals surface area contributed by atoms with Gasteiger partial charge in [0.1, 0.15) is 0 Å².